The number of primary amides is 1. The molecule has 0 aliphatic heterocycles. The third-order valence-corrected chi connectivity index (χ3v) is 6.81. The number of carbonyl (C=O) groups excluding carboxylic acids is 4. The Bertz CT molecular complexity index is 1190. The van der Waals surface area contributed by atoms with Crippen molar-refractivity contribution in [2.45, 2.75) is 70.7 Å². The molecule has 0 heterocycles. The van der Waals surface area contributed by atoms with Crippen molar-refractivity contribution < 1.29 is 34.1 Å². The predicted molar refractivity (Wildman–Crippen MR) is 159 cm³/mol. The zero-order chi connectivity index (χ0) is 31.2. The maximum atomic E-state index is 13.6. The summed E-state index contributed by atoms with van der Waals surface area (Å²) in [5.74, 6) is -2.20. The number of rotatable bonds is 17. The molecule has 2 aromatic rings. The molecule has 2 rings (SSSR count). The van der Waals surface area contributed by atoms with Crippen molar-refractivity contribution in [2.75, 3.05) is 26.8 Å². The summed E-state index contributed by atoms with van der Waals surface area (Å²) < 4.78 is 5.09. The topological polar surface area (TPSA) is 171 Å². The van der Waals surface area contributed by atoms with E-state index in [-0.39, 0.29) is 42.0 Å². The number of amides is 4. The van der Waals surface area contributed by atoms with E-state index in [1.165, 1.54) is 32.2 Å². The molecule has 42 heavy (non-hydrogen) atoms. The molecule has 0 aliphatic carbocycles. The number of methoxy groups -OCH3 is 1. The largest absolute Gasteiger partial charge is 0.388 e. The average Bonchev–Trinajstić information content (AvgIpc) is 2.97. The van der Waals surface area contributed by atoms with Gasteiger partial charge in [-0.2, -0.15) is 0 Å². The Kier molecular flexibility index (Phi) is 14.1. The number of hydrogen-bond donors (Lipinski definition) is 5. The SMILES string of the molecule is CCCN(CCC)C(=O)c1cc(C(N)=O)cc(C(=O)NC(Cc2ccccc2)C(O)C(O)C(CCOC)NC(C)=O)c1. The first-order chi connectivity index (χ1) is 20.0. The summed E-state index contributed by atoms with van der Waals surface area (Å²) in [6, 6.07) is 11.3. The maximum Gasteiger partial charge on any atom is 0.253 e. The Labute approximate surface area is 247 Å². The summed E-state index contributed by atoms with van der Waals surface area (Å²) in [7, 11) is 1.48. The molecule has 4 unspecified atom stereocenters. The molecule has 0 saturated heterocycles. The van der Waals surface area contributed by atoms with Crippen molar-refractivity contribution in [3.05, 3.63) is 70.8 Å². The van der Waals surface area contributed by atoms with Crippen LogP contribution >= 0.6 is 0 Å². The average molecular weight is 585 g/mol. The minimum Gasteiger partial charge on any atom is -0.388 e. The maximum absolute atomic E-state index is 13.6. The van der Waals surface area contributed by atoms with E-state index in [4.69, 9.17) is 10.5 Å². The number of nitrogens with zero attached hydrogens (tertiary/aromatic N) is 1. The third-order valence-electron chi connectivity index (χ3n) is 6.81. The molecule has 0 aromatic heterocycles. The van der Waals surface area contributed by atoms with Crippen molar-refractivity contribution in [3.8, 4) is 0 Å². The summed E-state index contributed by atoms with van der Waals surface area (Å²) in [6.45, 7) is 6.44. The van der Waals surface area contributed by atoms with Gasteiger partial charge in [-0.25, -0.2) is 0 Å². The molecule has 4 amide bonds. The summed E-state index contributed by atoms with van der Waals surface area (Å²) in [5.41, 5.74) is 6.45. The van der Waals surface area contributed by atoms with Crippen LogP contribution in [-0.2, 0) is 16.0 Å². The van der Waals surface area contributed by atoms with Crippen molar-refractivity contribution in [2.24, 2.45) is 5.73 Å². The molecule has 0 radical (unpaired) electrons. The summed E-state index contributed by atoms with van der Waals surface area (Å²) >= 11 is 0. The Morgan fingerprint density at radius 1 is 0.881 bits per heavy atom. The van der Waals surface area contributed by atoms with Crippen molar-refractivity contribution in [1.29, 1.82) is 0 Å². The number of benzene rings is 2. The quantitative estimate of drug-likeness (QED) is 0.188. The standard InChI is InChI=1S/C31H44N4O7/c1-5-13-35(14-6-2)31(41)24-18-22(29(32)39)17-23(19-24)30(40)34-26(16-21-10-8-7-9-11-21)28(38)27(37)25(12-15-42-4)33-20(3)36/h7-11,17-19,25-28,37-38H,5-6,12-16H2,1-4H3,(H2,32,39)(H,33,36)(H,34,40). The van der Waals surface area contributed by atoms with Gasteiger partial charge in [-0.3, -0.25) is 19.2 Å². The van der Waals surface area contributed by atoms with Crippen LogP contribution in [0, 0.1) is 0 Å². The molecule has 11 heteroatoms. The lowest BCUT2D eigenvalue weighted by molar-refractivity contribution is -0.121. The summed E-state index contributed by atoms with van der Waals surface area (Å²) in [6.07, 6.45) is -1.13. The van der Waals surface area contributed by atoms with E-state index < -0.39 is 42.0 Å². The molecule has 0 spiro atoms. The first-order valence-electron chi connectivity index (χ1n) is 14.2. The Morgan fingerprint density at radius 3 is 2.00 bits per heavy atom. The smallest absolute Gasteiger partial charge is 0.253 e. The number of hydrogen-bond acceptors (Lipinski definition) is 7. The van der Waals surface area contributed by atoms with E-state index in [0.717, 1.165) is 18.4 Å². The van der Waals surface area contributed by atoms with Gasteiger partial charge in [-0.15, -0.1) is 0 Å². The minimum atomic E-state index is -1.51. The molecule has 6 N–H and O–H groups in total. The van der Waals surface area contributed by atoms with Crippen LogP contribution in [0.1, 0.15) is 76.7 Å². The van der Waals surface area contributed by atoms with E-state index >= 15 is 0 Å². The van der Waals surface area contributed by atoms with Crippen LogP contribution in [0.4, 0.5) is 0 Å². The van der Waals surface area contributed by atoms with Crippen LogP contribution in [0.2, 0.25) is 0 Å². The van der Waals surface area contributed by atoms with Gasteiger partial charge in [-0.05, 0) is 49.4 Å². The highest BCUT2D eigenvalue weighted by Crippen LogP contribution is 2.17. The van der Waals surface area contributed by atoms with E-state index in [2.05, 4.69) is 10.6 Å². The lowest BCUT2D eigenvalue weighted by Crippen LogP contribution is -2.56. The number of ether oxygens (including phenoxy) is 1. The molecular weight excluding hydrogens is 540 g/mol. The second-order valence-electron chi connectivity index (χ2n) is 10.3. The molecular formula is C31H44N4O7. The highest BCUT2D eigenvalue weighted by atomic mass is 16.5. The summed E-state index contributed by atoms with van der Waals surface area (Å²) in [5, 5.41) is 27.8. The molecule has 0 fully saturated rings. The van der Waals surface area contributed by atoms with E-state index in [1.807, 2.05) is 44.2 Å². The summed E-state index contributed by atoms with van der Waals surface area (Å²) in [4.78, 5) is 52.5. The van der Waals surface area contributed by atoms with Crippen LogP contribution < -0.4 is 16.4 Å². The van der Waals surface area contributed by atoms with Crippen LogP contribution in [-0.4, -0.2) is 89.8 Å². The molecule has 2 aromatic carbocycles. The van der Waals surface area contributed by atoms with Gasteiger partial charge < -0.3 is 36.2 Å². The lowest BCUT2D eigenvalue weighted by Gasteiger charge is -2.33. The van der Waals surface area contributed by atoms with E-state index in [9.17, 15) is 29.4 Å². The van der Waals surface area contributed by atoms with Crippen LogP contribution in [0.25, 0.3) is 0 Å². The highest BCUT2D eigenvalue weighted by molar-refractivity contribution is 6.04. The van der Waals surface area contributed by atoms with Crippen molar-refractivity contribution in [1.82, 2.24) is 15.5 Å². The fraction of sp³-hybridized carbons (Fsp3) is 0.484. The van der Waals surface area contributed by atoms with Gasteiger partial charge in [-0.1, -0.05) is 44.2 Å². The first-order valence-corrected chi connectivity index (χ1v) is 14.2. The predicted octanol–water partition coefficient (Wildman–Crippen LogP) is 1.65. The van der Waals surface area contributed by atoms with Gasteiger partial charge in [0.1, 0.15) is 12.2 Å². The zero-order valence-corrected chi connectivity index (χ0v) is 24.8. The second-order valence-corrected chi connectivity index (χ2v) is 10.3. The Morgan fingerprint density at radius 2 is 1.45 bits per heavy atom. The van der Waals surface area contributed by atoms with Gasteiger partial charge in [0, 0.05) is 50.4 Å². The normalized spacial score (nSPS) is 13.9. The molecule has 11 nitrogen and oxygen atoms in total. The van der Waals surface area contributed by atoms with Gasteiger partial charge in [0.15, 0.2) is 0 Å². The van der Waals surface area contributed by atoms with Gasteiger partial charge in [0.05, 0.1) is 12.1 Å². The molecule has 0 aliphatic rings. The number of nitrogens with two attached hydrogens (primary N) is 1. The number of carbonyl (C=O) groups is 4. The third kappa shape index (κ3) is 10.2. The van der Waals surface area contributed by atoms with Crippen LogP contribution in [0.5, 0.6) is 0 Å². The zero-order valence-electron chi connectivity index (χ0n) is 24.8. The fourth-order valence-electron chi connectivity index (χ4n) is 4.75. The van der Waals surface area contributed by atoms with Gasteiger partial charge in [0.25, 0.3) is 11.8 Å². The number of aliphatic hydroxyl groups excluding tert-OH is 2. The van der Waals surface area contributed by atoms with E-state index in [1.54, 1.807) is 4.90 Å². The monoisotopic (exact) mass is 584 g/mol. The second kappa shape index (κ2) is 17.2. The van der Waals surface area contributed by atoms with E-state index in [0.29, 0.717) is 13.1 Å². The van der Waals surface area contributed by atoms with Gasteiger partial charge >= 0.3 is 0 Å². The first kappa shape index (κ1) is 34.4. The van der Waals surface area contributed by atoms with Crippen LogP contribution in [0.15, 0.2) is 48.5 Å². The lowest BCUT2D eigenvalue weighted by atomic mass is 9.92. The minimum absolute atomic E-state index is 0.000132. The molecule has 230 valence electrons. The Balaban J connectivity index is 2.45. The Hall–Kier alpha value is -3.80. The molecule has 0 saturated carbocycles. The van der Waals surface area contributed by atoms with Crippen LogP contribution in [0.3, 0.4) is 0 Å². The van der Waals surface area contributed by atoms with Gasteiger partial charge in [0.2, 0.25) is 11.8 Å². The molecule has 0 bridgehead atoms. The number of aliphatic hydroxyl groups is 2. The fourth-order valence-corrected chi connectivity index (χ4v) is 4.75. The highest BCUT2D eigenvalue weighted by Gasteiger charge is 2.34. The van der Waals surface area contributed by atoms with Crippen molar-refractivity contribution in [3.63, 3.8) is 0 Å². The molecule has 4 atom stereocenters. The number of nitrogens with one attached hydrogen (secondary N) is 2. The van der Waals surface area contributed by atoms with Crippen molar-refractivity contribution >= 4 is 23.6 Å².